The van der Waals surface area contributed by atoms with Crippen LogP contribution in [-0.4, -0.2) is 42.9 Å². The third-order valence-corrected chi connectivity index (χ3v) is 3.09. The number of hydrogen-bond donors (Lipinski definition) is 2. The first-order chi connectivity index (χ1) is 8.59. The minimum absolute atomic E-state index is 0.218. The van der Waals surface area contributed by atoms with Gasteiger partial charge in [-0.25, -0.2) is 0 Å². The van der Waals surface area contributed by atoms with Gasteiger partial charge in [0.1, 0.15) is 0 Å². The van der Waals surface area contributed by atoms with Crippen molar-refractivity contribution in [3.8, 4) is 0 Å². The van der Waals surface area contributed by atoms with Crippen molar-refractivity contribution in [1.29, 1.82) is 0 Å². The second-order valence-corrected chi connectivity index (χ2v) is 5.21. The summed E-state index contributed by atoms with van der Waals surface area (Å²) < 4.78 is 0. The predicted octanol–water partition coefficient (Wildman–Crippen LogP) is 0.949. The summed E-state index contributed by atoms with van der Waals surface area (Å²) in [4.78, 5) is 17.9. The molecular weight excluding hydrogens is 228 g/mol. The fourth-order valence-corrected chi connectivity index (χ4v) is 1.92. The molecule has 1 amide bonds. The van der Waals surface area contributed by atoms with Gasteiger partial charge in [0.25, 0.3) is 0 Å². The Bertz CT molecular complexity index is 283. The van der Waals surface area contributed by atoms with E-state index >= 15 is 0 Å². The first-order valence-corrected chi connectivity index (χ1v) is 6.91. The standard InChI is InChI=1S/C13H26N4O/c1-11(2)5-7-15-13(14)16-8-6-12(18)17-9-3-4-10-17/h11H,3-10H2,1-2H3,(H3,14,15,16). The fraction of sp³-hybridized carbons (Fsp3) is 0.846. The summed E-state index contributed by atoms with van der Waals surface area (Å²) in [6.45, 7) is 7.47. The number of amides is 1. The van der Waals surface area contributed by atoms with Gasteiger partial charge in [0.15, 0.2) is 5.96 Å². The van der Waals surface area contributed by atoms with Crippen molar-refractivity contribution >= 4 is 11.9 Å². The number of carbonyl (C=O) groups excluding carboxylic acids is 1. The summed E-state index contributed by atoms with van der Waals surface area (Å²) in [5.41, 5.74) is 5.71. The molecule has 0 aromatic rings. The molecule has 0 bridgehead atoms. The summed E-state index contributed by atoms with van der Waals surface area (Å²) >= 11 is 0. The van der Waals surface area contributed by atoms with E-state index in [9.17, 15) is 4.79 Å². The van der Waals surface area contributed by atoms with Crippen molar-refractivity contribution in [3.05, 3.63) is 0 Å². The van der Waals surface area contributed by atoms with Gasteiger partial charge < -0.3 is 16.0 Å². The molecular formula is C13H26N4O. The Labute approximate surface area is 110 Å². The zero-order valence-corrected chi connectivity index (χ0v) is 11.6. The van der Waals surface area contributed by atoms with E-state index in [1.807, 2.05) is 4.90 Å². The van der Waals surface area contributed by atoms with Crippen LogP contribution in [0.25, 0.3) is 0 Å². The molecule has 104 valence electrons. The largest absolute Gasteiger partial charge is 0.370 e. The Morgan fingerprint density at radius 3 is 2.67 bits per heavy atom. The van der Waals surface area contributed by atoms with Crippen molar-refractivity contribution in [2.24, 2.45) is 16.6 Å². The molecule has 0 saturated carbocycles. The lowest BCUT2D eigenvalue weighted by Gasteiger charge is -2.15. The lowest BCUT2D eigenvalue weighted by atomic mass is 10.1. The summed E-state index contributed by atoms with van der Waals surface area (Å²) in [6, 6.07) is 0. The molecule has 1 heterocycles. The number of carbonyl (C=O) groups is 1. The smallest absolute Gasteiger partial charge is 0.224 e. The van der Waals surface area contributed by atoms with Gasteiger partial charge in [-0.15, -0.1) is 0 Å². The monoisotopic (exact) mass is 254 g/mol. The molecule has 0 radical (unpaired) electrons. The van der Waals surface area contributed by atoms with Gasteiger partial charge in [-0.2, -0.15) is 0 Å². The summed E-state index contributed by atoms with van der Waals surface area (Å²) in [6.07, 6.45) is 3.81. The van der Waals surface area contributed by atoms with Crippen molar-refractivity contribution in [1.82, 2.24) is 10.2 Å². The number of nitrogens with one attached hydrogen (secondary N) is 1. The minimum atomic E-state index is 0.218. The molecule has 1 rings (SSSR count). The van der Waals surface area contributed by atoms with Crippen LogP contribution in [-0.2, 0) is 4.79 Å². The van der Waals surface area contributed by atoms with E-state index in [1.54, 1.807) is 0 Å². The van der Waals surface area contributed by atoms with Crippen molar-refractivity contribution in [2.75, 3.05) is 26.2 Å². The third kappa shape index (κ3) is 5.89. The molecule has 0 aromatic heterocycles. The van der Waals surface area contributed by atoms with Gasteiger partial charge in [-0.1, -0.05) is 13.8 Å². The molecule has 5 nitrogen and oxygen atoms in total. The topological polar surface area (TPSA) is 70.7 Å². The van der Waals surface area contributed by atoms with Crippen LogP contribution >= 0.6 is 0 Å². The second-order valence-electron chi connectivity index (χ2n) is 5.21. The van der Waals surface area contributed by atoms with Gasteiger partial charge in [-0.3, -0.25) is 9.79 Å². The van der Waals surface area contributed by atoms with Gasteiger partial charge in [0, 0.05) is 32.6 Å². The molecule has 0 atom stereocenters. The second kappa shape index (κ2) is 7.95. The number of rotatable bonds is 6. The highest BCUT2D eigenvalue weighted by Gasteiger charge is 2.16. The Hall–Kier alpha value is -1.26. The van der Waals surface area contributed by atoms with Crippen LogP contribution in [0.2, 0.25) is 0 Å². The number of hydrogen-bond acceptors (Lipinski definition) is 2. The van der Waals surface area contributed by atoms with Crippen LogP contribution in [0.15, 0.2) is 4.99 Å². The van der Waals surface area contributed by atoms with E-state index in [1.165, 1.54) is 0 Å². The predicted molar refractivity (Wildman–Crippen MR) is 74.4 cm³/mol. The highest BCUT2D eigenvalue weighted by Crippen LogP contribution is 2.08. The normalized spacial score (nSPS) is 16.4. The molecule has 0 aromatic carbocycles. The van der Waals surface area contributed by atoms with E-state index in [-0.39, 0.29) is 5.91 Å². The van der Waals surface area contributed by atoms with Crippen molar-refractivity contribution < 1.29 is 4.79 Å². The van der Waals surface area contributed by atoms with E-state index in [2.05, 4.69) is 24.2 Å². The molecule has 1 aliphatic heterocycles. The third-order valence-electron chi connectivity index (χ3n) is 3.09. The molecule has 18 heavy (non-hydrogen) atoms. The Morgan fingerprint density at radius 1 is 1.39 bits per heavy atom. The fourth-order valence-electron chi connectivity index (χ4n) is 1.92. The number of aliphatic imine (C=N–C) groups is 1. The van der Waals surface area contributed by atoms with E-state index in [0.29, 0.717) is 24.8 Å². The highest BCUT2D eigenvalue weighted by atomic mass is 16.2. The first kappa shape index (κ1) is 14.8. The zero-order chi connectivity index (χ0) is 13.4. The summed E-state index contributed by atoms with van der Waals surface area (Å²) in [5.74, 6) is 1.30. The van der Waals surface area contributed by atoms with Crippen LogP contribution < -0.4 is 11.1 Å². The minimum Gasteiger partial charge on any atom is -0.370 e. The maximum atomic E-state index is 11.7. The van der Waals surface area contributed by atoms with Crippen molar-refractivity contribution in [2.45, 2.75) is 39.5 Å². The van der Waals surface area contributed by atoms with Crippen LogP contribution in [0.3, 0.4) is 0 Å². The highest BCUT2D eigenvalue weighted by molar-refractivity contribution is 5.80. The molecule has 1 aliphatic rings. The Balaban J connectivity index is 2.10. The molecule has 0 aliphatic carbocycles. The van der Waals surface area contributed by atoms with Gasteiger partial charge >= 0.3 is 0 Å². The van der Waals surface area contributed by atoms with E-state index in [4.69, 9.17) is 5.73 Å². The Kier molecular flexibility index (Phi) is 6.54. The molecule has 3 N–H and O–H groups in total. The summed E-state index contributed by atoms with van der Waals surface area (Å²) in [5, 5.41) is 2.99. The lowest BCUT2D eigenvalue weighted by molar-refractivity contribution is -0.129. The van der Waals surface area contributed by atoms with Gasteiger partial charge in [0.2, 0.25) is 5.91 Å². The van der Waals surface area contributed by atoms with E-state index < -0.39 is 0 Å². The first-order valence-electron chi connectivity index (χ1n) is 6.91. The van der Waals surface area contributed by atoms with Crippen LogP contribution in [0.4, 0.5) is 0 Å². The lowest BCUT2D eigenvalue weighted by Crippen LogP contribution is -2.36. The number of guanidine groups is 1. The zero-order valence-electron chi connectivity index (χ0n) is 11.6. The van der Waals surface area contributed by atoms with Gasteiger partial charge in [0.05, 0.1) is 0 Å². The average Bonchev–Trinajstić information content (AvgIpc) is 2.81. The van der Waals surface area contributed by atoms with Crippen LogP contribution in [0.5, 0.6) is 0 Å². The van der Waals surface area contributed by atoms with Crippen LogP contribution in [0.1, 0.15) is 39.5 Å². The molecule has 0 spiro atoms. The molecule has 5 heteroatoms. The quantitative estimate of drug-likeness (QED) is 0.547. The number of nitrogens with zero attached hydrogens (tertiary/aromatic N) is 2. The van der Waals surface area contributed by atoms with E-state index in [0.717, 1.165) is 38.9 Å². The maximum Gasteiger partial charge on any atom is 0.224 e. The summed E-state index contributed by atoms with van der Waals surface area (Å²) in [7, 11) is 0. The number of nitrogens with two attached hydrogens (primary N) is 1. The van der Waals surface area contributed by atoms with Gasteiger partial charge in [-0.05, 0) is 25.2 Å². The molecule has 0 unspecified atom stereocenters. The van der Waals surface area contributed by atoms with Crippen LogP contribution in [0, 0.1) is 5.92 Å². The van der Waals surface area contributed by atoms with Crippen molar-refractivity contribution in [3.63, 3.8) is 0 Å². The Morgan fingerprint density at radius 2 is 2.06 bits per heavy atom. The maximum absolute atomic E-state index is 11.7. The SMILES string of the molecule is CC(C)CCN=C(N)NCCC(=O)N1CCCC1. The average molecular weight is 254 g/mol. The number of likely N-dealkylation sites (tertiary alicyclic amines) is 1. The molecule has 1 saturated heterocycles. The molecule has 1 fully saturated rings.